The third-order valence-electron chi connectivity index (χ3n) is 8.00. The van der Waals surface area contributed by atoms with E-state index in [9.17, 15) is 0 Å². The largest absolute Gasteiger partial charge is 0.359 e. The molecule has 0 saturated heterocycles. The number of unbranched alkanes of at least 4 members (excludes halogenated alkanes) is 1. The number of hydrogen-bond acceptors (Lipinski definition) is 2. The average molecular weight is 483 g/mol. The lowest BCUT2D eigenvalue weighted by Gasteiger charge is -2.06. The van der Waals surface area contributed by atoms with Crippen LogP contribution < -0.4 is 0 Å². The predicted octanol–water partition coefficient (Wildman–Crippen LogP) is 8.45. The highest BCUT2D eigenvalue weighted by Gasteiger charge is 2.17. The second-order valence-corrected chi connectivity index (χ2v) is 10.3. The third kappa shape index (κ3) is 5.04. The molecular weight excluding hydrogens is 440 g/mol. The first-order valence-electron chi connectivity index (χ1n) is 13.5. The highest BCUT2D eigenvalue weighted by Crippen LogP contribution is 2.31. The van der Waals surface area contributed by atoms with E-state index in [2.05, 4.69) is 87.5 Å². The van der Waals surface area contributed by atoms with Crippen molar-refractivity contribution >= 4 is 24.6 Å². The number of nitrogens with zero attached hydrogens (tertiary/aromatic N) is 2. The van der Waals surface area contributed by atoms with Gasteiger partial charge in [-0.25, -0.2) is 0 Å². The fourth-order valence-corrected chi connectivity index (χ4v) is 5.76. The highest BCUT2D eigenvalue weighted by atomic mass is 14.8. The summed E-state index contributed by atoms with van der Waals surface area (Å²) in [5.41, 5.74) is 18.1. The molecule has 2 aromatic rings. The van der Waals surface area contributed by atoms with Crippen LogP contribution in [0.2, 0.25) is 0 Å². The number of aryl methyl sites for hydroxylation is 2. The van der Waals surface area contributed by atoms with E-state index in [1.165, 1.54) is 80.2 Å². The van der Waals surface area contributed by atoms with Crippen molar-refractivity contribution in [1.29, 1.82) is 0 Å². The Morgan fingerprint density at radius 1 is 0.639 bits per heavy atom. The van der Waals surface area contributed by atoms with Crippen LogP contribution in [-0.4, -0.2) is 22.4 Å². The lowest BCUT2D eigenvalue weighted by Crippen LogP contribution is -1.94. The average Bonchev–Trinajstić information content (AvgIpc) is 3.54. The topological polar surface area (TPSA) is 56.3 Å². The monoisotopic (exact) mass is 482 g/mol. The van der Waals surface area contributed by atoms with Gasteiger partial charge in [-0.3, -0.25) is 9.98 Å². The van der Waals surface area contributed by atoms with Gasteiger partial charge in [0.05, 0.1) is 11.4 Å². The molecule has 0 aromatic carbocycles. The van der Waals surface area contributed by atoms with Crippen LogP contribution in [0.25, 0.3) is 12.2 Å². The van der Waals surface area contributed by atoms with Crippen molar-refractivity contribution in [2.75, 3.05) is 0 Å². The molecule has 0 radical (unpaired) electrons. The summed E-state index contributed by atoms with van der Waals surface area (Å²) in [4.78, 5) is 16.5. The first-order valence-corrected chi connectivity index (χ1v) is 13.5. The normalized spacial score (nSPS) is 17.8. The van der Waals surface area contributed by atoms with Gasteiger partial charge in [0.1, 0.15) is 0 Å². The molecule has 0 saturated carbocycles. The van der Waals surface area contributed by atoms with Gasteiger partial charge in [0, 0.05) is 35.2 Å². The molecule has 0 aliphatic carbocycles. The maximum atomic E-state index is 4.64. The predicted molar refractivity (Wildman–Crippen MR) is 156 cm³/mol. The molecule has 4 rings (SSSR count). The number of rotatable bonds is 9. The second kappa shape index (κ2) is 10.9. The molecule has 0 fully saturated rings. The van der Waals surface area contributed by atoms with E-state index in [1.54, 1.807) is 0 Å². The zero-order valence-corrected chi connectivity index (χ0v) is 23.4. The van der Waals surface area contributed by atoms with Crippen molar-refractivity contribution in [2.45, 2.75) is 93.9 Å². The molecule has 2 aliphatic rings. The summed E-state index contributed by atoms with van der Waals surface area (Å²) in [5, 5.41) is 0. The van der Waals surface area contributed by atoms with E-state index in [-0.39, 0.29) is 0 Å². The van der Waals surface area contributed by atoms with Crippen molar-refractivity contribution in [2.24, 2.45) is 9.98 Å². The Balaban J connectivity index is 1.41. The number of aromatic amines is 2. The lowest BCUT2D eigenvalue weighted by atomic mass is 9.98. The van der Waals surface area contributed by atoms with Gasteiger partial charge >= 0.3 is 0 Å². The van der Waals surface area contributed by atoms with Crippen LogP contribution in [0, 0.1) is 27.7 Å². The Hall–Kier alpha value is -3.14. The molecule has 4 heteroatoms. The second-order valence-electron chi connectivity index (χ2n) is 10.3. The summed E-state index contributed by atoms with van der Waals surface area (Å²) in [7, 11) is 0. The molecule has 0 atom stereocenters. The van der Waals surface area contributed by atoms with Crippen LogP contribution in [0.15, 0.2) is 43.7 Å². The molecule has 36 heavy (non-hydrogen) atoms. The van der Waals surface area contributed by atoms with Crippen molar-refractivity contribution in [1.82, 2.24) is 9.97 Å². The van der Waals surface area contributed by atoms with E-state index < -0.39 is 0 Å². The van der Waals surface area contributed by atoms with Crippen LogP contribution in [0.3, 0.4) is 0 Å². The Morgan fingerprint density at radius 2 is 1.03 bits per heavy atom. The van der Waals surface area contributed by atoms with Crippen LogP contribution in [0.1, 0.15) is 98.4 Å². The first kappa shape index (κ1) is 25.9. The number of H-pyrrole nitrogens is 2. The molecule has 0 unspecified atom stereocenters. The van der Waals surface area contributed by atoms with Crippen molar-refractivity contribution in [3.05, 3.63) is 78.7 Å². The summed E-state index contributed by atoms with van der Waals surface area (Å²) in [6.07, 6.45) is 15.1. The number of aliphatic imine (C=N–C) groups is 2. The molecule has 2 aromatic heterocycles. The van der Waals surface area contributed by atoms with Crippen LogP contribution in [0.4, 0.5) is 0 Å². The third-order valence-corrected chi connectivity index (χ3v) is 8.00. The molecule has 4 nitrogen and oxygen atoms in total. The van der Waals surface area contributed by atoms with Gasteiger partial charge in [0.25, 0.3) is 0 Å². The molecular formula is C32H42N4. The smallest absolute Gasteiger partial charge is 0.0685 e. The van der Waals surface area contributed by atoms with E-state index in [0.29, 0.717) is 0 Å². The summed E-state index contributed by atoms with van der Waals surface area (Å²) < 4.78 is 0. The minimum absolute atomic E-state index is 1.02. The van der Waals surface area contributed by atoms with Gasteiger partial charge in [-0.1, -0.05) is 13.8 Å². The molecule has 4 heterocycles. The van der Waals surface area contributed by atoms with Gasteiger partial charge in [-0.05, 0) is 137 Å². The minimum Gasteiger partial charge on any atom is -0.359 e. The van der Waals surface area contributed by atoms with Crippen molar-refractivity contribution in [3.8, 4) is 0 Å². The Kier molecular flexibility index (Phi) is 7.82. The zero-order chi connectivity index (χ0) is 26.0. The zero-order valence-electron chi connectivity index (χ0n) is 23.4. The van der Waals surface area contributed by atoms with E-state index in [4.69, 9.17) is 0 Å². The maximum absolute atomic E-state index is 4.64. The molecule has 2 N–H and O–H groups in total. The van der Waals surface area contributed by atoms with Gasteiger partial charge < -0.3 is 9.97 Å². The number of aromatic nitrogens is 2. The van der Waals surface area contributed by atoms with Crippen molar-refractivity contribution < 1.29 is 0 Å². The van der Waals surface area contributed by atoms with Crippen LogP contribution in [0.5, 0.6) is 0 Å². The standard InChI is InChI=1S/C32H42N4/c1-9-25-19(3)17-33-31(25)15-29-21(5)27(23(7)35-29)13-11-12-14-28-22(6)30(36-24(28)8)16-32-26(10-2)20(4)18-34-32/h15-18,35-36H,9-14H2,1-8H3/b31-15+,32-16?. The van der Waals surface area contributed by atoms with E-state index >= 15 is 0 Å². The Morgan fingerprint density at radius 3 is 1.39 bits per heavy atom. The summed E-state index contributed by atoms with van der Waals surface area (Å²) in [6.45, 7) is 17.6. The molecule has 2 aliphatic heterocycles. The van der Waals surface area contributed by atoms with Gasteiger partial charge in [-0.15, -0.1) is 0 Å². The maximum Gasteiger partial charge on any atom is 0.0685 e. The van der Waals surface area contributed by atoms with E-state index in [1.807, 2.05) is 12.4 Å². The van der Waals surface area contributed by atoms with Gasteiger partial charge in [0.2, 0.25) is 0 Å². The fourth-order valence-electron chi connectivity index (χ4n) is 5.76. The Labute approximate surface area is 217 Å². The van der Waals surface area contributed by atoms with Crippen LogP contribution >= 0.6 is 0 Å². The lowest BCUT2D eigenvalue weighted by molar-refractivity contribution is 0.726. The Bertz CT molecular complexity index is 1240. The first-order chi connectivity index (χ1) is 17.2. The van der Waals surface area contributed by atoms with Crippen molar-refractivity contribution in [3.63, 3.8) is 0 Å². The molecule has 0 spiro atoms. The van der Waals surface area contributed by atoms with Gasteiger partial charge in [0.15, 0.2) is 0 Å². The number of allylic oxidation sites excluding steroid dienone is 4. The number of nitrogens with one attached hydrogen (secondary N) is 2. The fraction of sp³-hybridized carbons (Fsp3) is 0.438. The molecule has 190 valence electrons. The van der Waals surface area contributed by atoms with Crippen LogP contribution in [-0.2, 0) is 12.8 Å². The van der Waals surface area contributed by atoms with Gasteiger partial charge in [-0.2, -0.15) is 0 Å². The summed E-state index contributed by atoms with van der Waals surface area (Å²) in [6, 6.07) is 0. The SMILES string of the molecule is CCC1=C(C)C=NC1=Cc1[nH]c(C)c(CCCCc2c(C)[nH]c(/C=C3/N=CC(C)=C3CC)c2C)c1C. The summed E-state index contributed by atoms with van der Waals surface area (Å²) >= 11 is 0. The highest BCUT2D eigenvalue weighted by molar-refractivity contribution is 5.88. The molecule has 0 bridgehead atoms. The quantitative estimate of drug-likeness (QED) is 0.337. The number of hydrogen-bond donors (Lipinski definition) is 2. The molecule has 0 amide bonds. The minimum atomic E-state index is 1.02. The van der Waals surface area contributed by atoms with E-state index in [0.717, 1.165) is 37.1 Å². The summed E-state index contributed by atoms with van der Waals surface area (Å²) in [5.74, 6) is 0.